The molecule has 0 N–H and O–H groups in total. The summed E-state index contributed by atoms with van der Waals surface area (Å²) in [6.07, 6.45) is 0. The molecule has 0 spiro atoms. The maximum Gasteiger partial charge on any atom is 0.311 e. The first-order valence-corrected chi connectivity index (χ1v) is 8.87. The van der Waals surface area contributed by atoms with Gasteiger partial charge in [-0.3, -0.25) is 19.5 Å². The van der Waals surface area contributed by atoms with Gasteiger partial charge in [0.1, 0.15) is 5.82 Å². The Balaban J connectivity index is 1.84. The van der Waals surface area contributed by atoms with E-state index in [1.807, 2.05) is 23.8 Å². The third-order valence-corrected chi connectivity index (χ3v) is 4.95. The Hall–Kier alpha value is -3.07. The minimum atomic E-state index is -0.685. The summed E-state index contributed by atoms with van der Waals surface area (Å²) in [5, 5.41) is 13.7. The molecule has 3 rings (SSSR count). The fraction of sp³-hybridized carbons (Fsp3) is 0.222. The van der Waals surface area contributed by atoms with Gasteiger partial charge in [-0.2, -0.15) is 0 Å². The second-order valence-corrected chi connectivity index (χ2v) is 6.81. The summed E-state index contributed by atoms with van der Waals surface area (Å²) in [5.74, 6) is -1.32. The molecule has 0 bridgehead atoms. The molecule has 0 amide bonds. The van der Waals surface area contributed by atoms with Crippen LogP contribution in [0.4, 0.5) is 10.1 Å². The number of aryl methyl sites for hydroxylation is 2. The third-order valence-electron chi connectivity index (χ3n) is 4.01. The molecule has 7 nitrogen and oxygen atoms in total. The zero-order valence-electron chi connectivity index (χ0n) is 14.9. The number of hydrogen-bond donors (Lipinski definition) is 0. The Bertz CT molecular complexity index is 1040. The molecular formula is C18H16FN3O4S. The van der Waals surface area contributed by atoms with E-state index in [-0.39, 0.29) is 11.5 Å². The number of nitrogens with zero attached hydrogens (tertiary/aromatic N) is 3. The van der Waals surface area contributed by atoms with Crippen LogP contribution in [-0.2, 0) is 0 Å². The highest BCUT2D eigenvalue weighted by Crippen LogP contribution is 2.28. The first-order valence-electron chi connectivity index (χ1n) is 7.99. The van der Waals surface area contributed by atoms with Crippen LogP contribution in [0, 0.1) is 36.7 Å². The average Bonchev–Trinajstić information content (AvgIpc) is 3.15. The van der Waals surface area contributed by atoms with E-state index in [0.717, 1.165) is 34.7 Å². The van der Waals surface area contributed by atoms with Crippen molar-refractivity contribution in [3.05, 3.63) is 68.2 Å². The number of Topliss-reactive ketones (excluding diaryl/α,β-unsaturated/α-hetero) is 1. The van der Waals surface area contributed by atoms with Gasteiger partial charge >= 0.3 is 5.69 Å². The second-order valence-electron chi connectivity index (χ2n) is 5.97. The Morgan fingerprint density at radius 3 is 2.70 bits per heavy atom. The zero-order chi connectivity index (χ0) is 19.7. The third kappa shape index (κ3) is 3.72. The molecule has 1 aromatic carbocycles. The second kappa shape index (κ2) is 7.28. The predicted octanol–water partition coefficient (Wildman–Crippen LogP) is 4.17. The number of nitro groups is 1. The minimum Gasteiger partial charge on any atom is -0.478 e. The smallest absolute Gasteiger partial charge is 0.311 e. The van der Waals surface area contributed by atoms with Gasteiger partial charge in [0.25, 0.3) is 0 Å². The van der Waals surface area contributed by atoms with Crippen LogP contribution in [0.15, 0.2) is 29.6 Å². The molecule has 0 saturated carbocycles. The molecule has 0 atom stereocenters. The van der Waals surface area contributed by atoms with Gasteiger partial charge in [-0.1, -0.05) is 0 Å². The van der Waals surface area contributed by atoms with E-state index < -0.39 is 23.0 Å². The standard InChI is InChI=1S/C18H16FN3O4S/c1-10-9-27-18(20-10)21-11(2)6-14(12(21)3)16(23)8-26-17-7-13(19)4-5-15(17)22(24)25/h4-7,9H,8H2,1-3H3. The number of halogens is 1. The Labute approximate surface area is 158 Å². The van der Waals surface area contributed by atoms with Crippen molar-refractivity contribution < 1.29 is 18.8 Å². The molecule has 0 unspecified atom stereocenters. The summed E-state index contributed by atoms with van der Waals surface area (Å²) >= 11 is 1.47. The lowest BCUT2D eigenvalue weighted by Crippen LogP contribution is -2.13. The van der Waals surface area contributed by atoms with Crippen LogP contribution in [0.3, 0.4) is 0 Å². The van der Waals surface area contributed by atoms with E-state index in [4.69, 9.17) is 4.74 Å². The number of nitro benzene ring substituents is 1. The van der Waals surface area contributed by atoms with Gasteiger partial charge < -0.3 is 4.74 Å². The maximum absolute atomic E-state index is 13.4. The van der Waals surface area contributed by atoms with Gasteiger partial charge in [-0.15, -0.1) is 11.3 Å². The highest BCUT2D eigenvalue weighted by Gasteiger charge is 2.21. The van der Waals surface area contributed by atoms with E-state index in [2.05, 4.69) is 4.98 Å². The normalized spacial score (nSPS) is 10.8. The van der Waals surface area contributed by atoms with Crippen molar-refractivity contribution in [2.24, 2.45) is 0 Å². The van der Waals surface area contributed by atoms with Crippen LogP contribution in [0.2, 0.25) is 0 Å². The van der Waals surface area contributed by atoms with E-state index >= 15 is 0 Å². The number of rotatable bonds is 6. The largest absolute Gasteiger partial charge is 0.478 e. The quantitative estimate of drug-likeness (QED) is 0.359. The lowest BCUT2D eigenvalue weighted by Gasteiger charge is -2.07. The van der Waals surface area contributed by atoms with Gasteiger partial charge in [0.05, 0.1) is 10.6 Å². The van der Waals surface area contributed by atoms with E-state index in [0.29, 0.717) is 11.3 Å². The minimum absolute atomic E-state index is 0.280. The molecule has 0 aliphatic heterocycles. The lowest BCUT2D eigenvalue weighted by molar-refractivity contribution is -0.385. The number of thiazole rings is 1. The number of ether oxygens (including phenoxy) is 1. The van der Waals surface area contributed by atoms with Crippen molar-refractivity contribution in [3.8, 4) is 10.9 Å². The van der Waals surface area contributed by atoms with Crippen LogP contribution in [-0.4, -0.2) is 26.9 Å². The number of carbonyl (C=O) groups is 1. The van der Waals surface area contributed by atoms with Crippen molar-refractivity contribution in [3.63, 3.8) is 0 Å². The Morgan fingerprint density at radius 2 is 2.07 bits per heavy atom. The van der Waals surface area contributed by atoms with Gasteiger partial charge in [0.2, 0.25) is 5.78 Å². The van der Waals surface area contributed by atoms with Crippen molar-refractivity contribution in [2.45, 2.75) is 20.8 Å². The van der Waals surface area contributed by atoms with Crippen molar-refractivity contribution >= 4 is 22.8 Å². The van der Waals surface area contributed by atoms with Crippen LogP contribution in [0.25, 0.3) is 5.13 Å². The first-order chi connectivity index (χ1) is 12.8. The lowest BCUT2D eigenvalue weighted by atomic mass is 10.1. The van der Waals surface area contributed by atoms with Crippen LogP contribution < -0.4 is 4.74 Å². The van der Waals surface area contributed by atoms with Crippen LogP contribution in [0.5, 0.6) is 5.75 Å². The summed E-state index contributed by atoms with van der Waals surface area (Å²) in [6, 6.07) is 4.59. The number of ketones is 1. The Kier molecular flexibility index (Phi) is 5.04. The van der Waals surface area contributed by atoms with E-state index in [1.54, 1.807) is 13.0 Å². The molecule has 9 heteroatoms. The first kappa shape index (κ1) is 18.7. The van der Waals surface area contributed by atoms with Crippen molar-refractivity contribution in [1.29, 1.82) is 0 Å². The highest BCUT2D eigenvalue weighted by molar-refractivity contribution is 7.12. The van der Waals surface area contributed by atoms with Crippen molar-refractivity contribution in [2.75, 3.05) is 6.61 Å². The van der Waals surface area contributed by atoms with E-state index in [1.165, 1.54) is 11.3 Å². The Morgan fingerprint density at radius 1 is 1.33 bits per heavy atom. The number of hydrogen-bond acceptors (Lipinski definition) is 6. The fourth-order valence-electron chi connectivity index (χ4n) is 2.76. The molecule has 3 aromatic rings. The fourth-order valence-corrected chi connectivity index (χ4v) is 3.67. The molecular weight excluding hydrogens is 373 g/mol. The van der Waals surface area contributed by atoms with Gasteiger partial charge in [0, 0.05) is 34.5 Å². The molecule has 0 aliphatic carbocycles. The molecule has 0 radical (unpaired) electrons. The highest BCUT2D eigenvalue weighted by atomic mass is 32.1. The monoisotopic (exact) mass is 389 g/mol. The average molecular weight is 389 g/mol. The van der Waals surface area contributed by atoms with Gasteiger partial charge in [-0.25, -0.2) is 9.37 Å². The molecule has 140 valence electrons. The van der Waals surface area contributed by atoms with Gasteiger partial charge in [-0.05, 0) is 32.9 Å². The summed E-state index contributed by atoms with van der Waals surface area (Å²) in [5.41, 5.74) is 2.45. The summed E-state index contributed by atoms with van der Waals surface area (Å²) < 4.78 is 20.5. The number of benzene rings is 1. The number of aromatic nitrogens is 2. The molecule has 2 heterocycles. The molecule has 0 aliphatic rings. The predicted molar refractivity (Wildman–Crippen MR) is 98.5 cm³/mol. The summed E-state index contributed by atoms with van der Waals surface area (Å²) in [4.78, 5) is 27.4. The van der Waals surface area contributed by atoms with Crippen LogP contribution >= 0.6 is 11.3 Å². The van der Waals surface area contributed by atoms with Crippen LogP contribution in [0.1, 0.15) is 27.4 Å². The maximum atomic E-state index is 13.4. The summed E-state index contributed by atoms with van der Waals surface area (Å²) in [6.45, 7) is 5.10. The van der Waals surface area contributed by atoms with Gasteiger partial charge in [0.15, 0.2) is 17.5 Å². The molecule has 27 heavy (non-hydrogen) atoms. The number of carbonyl (C=O) groups excluding carboxylic acids is 1. The SMILES string of the molecule is Cc1csc(-n2c(C)cc(C(=O)COc3cc(F)ccc3[N+](=O)[O-])c2C)n1. The van der Waals surface area contributed by atoms with Crippen molar-refractivity contribution in [1.82, 2.24) is 9.55 Å². The van der Waals surface area contributed by atoms with E-state index in [9.17, 15) is 19.3 Å². The molecule has 2 aromatic heterocycles. The molecule has 0 saturated heterocycles. The molecule has 0 fully saturated rings. The summed E-state index contributed by atoms with van der Waals surface area (Å²) in [7, 11) is 0. The zero-order valence-corrected chi connectivity index (χ0v) is 15.7. The topological polar surface area (TPSA) is 87.3 Å².